The molecular formula is C8H11NO5S. The van der Waals surface area contributed by atoms with Crippen LogP contribution >= 0.6 is 0 Å². The third-order valence-electron chi connectivity index (χ3n) is 1.72. The lowest BCUT2D eigenvalue weighted by atomic mass is 10.4. The van der Waals surface area contributed by atoms with E-state index in [1.165, 1.54) is 19.1 Å². The summed E-state index contributed by atoms with van der Waals surface area (Å²) >= 11 is 0. The summed E-state index contributed by atoms with van der Waals surface area (Å²) in [5, 5.41) is 8.54. The lowest BCUT2D eigenvalue weighted by molar-refractivity contribution is 0.0660. The van der Waals surface area contributed by atoms with Gasteiger partial charge in [-0.3, -0.25) is 0 Å². The summed E-state index contributed by atoms with van der Waals surface area (Å²) in [5.41, 5.74) is 0. The molecule has 0 unspecified atom stereocenters. The Labute approximate surface area is 87.0 Å². The molecule has 1 heterocycles. The van der Waals surface area contributed by atoms with Crippen LogP contribution in [-0.2, 0) is 16.6 Å². The van der Waals surface area contributed by atoms with Gasteiger partial charge in [0.2, 0.25) is 15.8 Å². The quantitative estimate of drug-likeness (QED) is 0.768. The molecule has 0 fully saturated rings. The molecule has 1 aromatic rings. The largest absolute Gasteiger partial charge is 0.475 e. The van der Waals surface area contributed by atoms with E-state index in [0.717, 1.165) is 0 Å². The number of rotatable bonds is 5. The normalized spacial score (nSPS) is 11.5. The molecule has 0 spiro atoms. The maximum Gasteiger partial charge on any atom is 0.371 e. The Morgan fingerprint density at radius 3 is 2.67 bits per heavy atom. The van der Waals surface area contributed by atoms with Gasteiger partial charge in [0.05, 0.1) is 12.3 Å². The fourth-order valence-corrected chi connectivity index (χ4v) is 1.44. The minimum absolute atomic E-state index is 0.0283. The summed E-state index contributed by atoms with van der Waals surface area (Å²) in [6, 6.07) is 2.69. The van der Waals surface area contributed by atoms with Gasteiger partial charge in [-0.05, 0) is 19.1 Å². The topological polar surface area (TPSA) is 96.6 Å². The number of carbonyl (C=O) groups is 1. The zero-order valence-corrected chi connectivity index (χ0v) is 8.87. The van der Waals surface area contributed by atoms with E-state index in [-0.39, 0.29) is 23.8 Å². The molecule has 6 nitrogen and oxygen atoms in total. The van der Waals surface area contributed by atoms with Crippen molar-refractivity contribution in [2.75, 3.05) is 5.75 Å². The number of sulfonamides is 1. The highest BCUT2D eigenvalue weighted by atomic mass is 32.2. The van der Waals surface area contributed by atoms with Crippen molar-refractivity contribution in [3.8, 4) is 0 Å². The second-order valence-corrected chi connectivity index (χ2v) is 4.89. The Morgan fingerprint density at radius 1 is 1.53 bits per heavy atom. The molecule has 1 aromatic heterocycles. The first-order chi connectivity index (χ1) is 6.94. The summed E-state index contributed by atoms with van der Waals surface area (Å²) in [6.45, 7) is 1.47. The number of hydrogen-bond donors (Lipinski definition) is 2. The van der Waals surface area contributed by atoms with Crippen LogP contribution in [-0.4, -0.2) is 25.2 Å². The number of aromatic carboxylic acids is 1. The Bertz CT molecular complexity index is 447. The van der Waals surface area contributed by atoms with Crippen LogP contribution < -0.4 is 4.72 Å². The Kier molecular flexibility index (Phi) is 3.48. The standard InChI is InChI=1S/C8H11NO5S/c1-2-15(12,13)9-5-6-3-4-7(14-6)8(10)11/h3-4,9H,2,5H2,1H3,(H,10,11). The second kappa shape index (κ2) is 4.45. The highest BCUT2D eigenvalue weighted by molar-refractivity contribution is 7.89. The summed E-state index contributed by atoms with van der Waals surface area (Å²) in [7, 11) is -3.29. The van der Waals surface area contributed by atoms with Crippen LogP contribution in [0.15, 0.2) is 16.5 Å². The van der Waals surface area contributed by atoms with Gasteiger partial charge in [0.25, 0.3) is 0 Å². The van der Waals surface area contributed by atoms with E-state index >= 15 is 0 Å². The fourth-order valence-electron chi connectivity index (χ4n) is 0.871. The molecule has 0 aliphatic rings. The number of nitrogens with one attached hydrogen (secondary N) is 1. The highest BCUT2D eigenvalue weighted by Gasteiger charge is 2.11. The third-order valence-corrected chi connectivity index (χ3v) is 3.06. The molecule has 0 atom stereocenters. The van der Waals surface area contributed by atoms with Crippen LogP contribution in [0.3, 0.4) is 0 Å². The van der Waals surface area contributed by atoms with Gasteiger partial charge in [0, 0.05) is 0 Å². The third kappa shape index (κ3) is 3.37. The summed E-state index contributed by atoms with van der Waals surface area (Å²) in [6.07, 6.45) is 0. The Balaban J connectivity index is 2.63. The molecule has 1 rings (SSSR count). The van der Waals surface area contributed by atoms with Crippen molar-refractivity contribution in [3.05, 3.63) is 23.7 Å². The number of carboxylic acid groups (broad SMARTS) is 1. The van der Waals surface area contributed by atoms with Crippen LogP contribution in [0.1, 0.15) is 23.2 Å². The zero-order valence-electron chi connectivity index (χ0n) is 8.06. The van der Waals surface area contributed by atoms with Gasteiger partial charge in [-0.1, -0.05) is 0 Å². The molecule has 0 aliphatic carbocycles. The van der Waals surface area contributed by atoms with Gasteiger partial charge in [-0.15, -0.1) is 0 Å². The average molecular weight is 233 g/mol. The van der Waals surface area contributed by atoms with Crippen molar-refractivity contribution >= 4 is 16.0 Å². The predicted molar refractivity (Wildman–Crippen MR) is 52.0 cm³/mol. The lowest BCUT2D eigenvalue weighted by Crippen LogP contribution is -2.24. The Hall–Kier alpha value is -1.34. The van der Waals surface area contributed by atoms with Gasteiger partial charge >= 0.3 is 5.97 Å². The molecule has 0 aromatic carbocycles. The van der Waals surface area contributed by atoms with Gasteiger partial charge in [0.1, 0.15) is 5.76 Å². The van der Waals surface area contributed by atoms with E-state index in [0.29, 0.717) is 0 Å². The van der Waals surface area contributed by atoms with Crippen LogP contribution in [0.4, 0.5) is 0 Å². The summed E-state index contributed by atoms with van der Waals surface area (Å²) in [4.78, 5) is 10.4. The van der Waals surface area contributed by atoms with Gasteiger partial charge < -0.3 is 9.52 Å². The molecule has 2 N–H and O–H groups in total. The van der Waals surface area contributed by atoms with E-state index in [1.54, 1.807) is 0 Å². The fraction of sp³-hybridized carbons (Fsp3) is 0.375. The van der Waals surface area contributed by atoms with E-state index < -0.39 is 16.0 Å². The molecule has 0 saturated heterocycles. The molecule has 0 bridgehead atoms. The van der Waals surface area contributed by atoms with E-state index in [9.17, 15) is 13.2 Å². The zero-order chi connectivity index (χ0) is 11.5. The molecule has 0 saturated carbocycles. The second-order valence-electron chi connectivity index (χ2n) is 2.80. The van der Waals surface area contributed by atoms with Crippen LogP contribution in [0.5, 0.6) is 0 Å². The SMILES string of the molecule is CCS(=O)(=O)NCc1ccc(C(=O)O)o1. The smallest absolute Gasteiger partial charge is 0.371 e. The molecule has 0 amide bonds. The summed E-state index contributed by atoms with van der Waals surface area (Å²) < 4.78 is 29.2. The van der Waals surface area contributed by atoms with Crippen molar-refractivity contribution in [2.24, 2.45) is 0 Å². The van der Waals surface area contributed by atoms with Crippen LogP contribution in [0.25, 0.3) is 0 Å². The molecule has 0 radical (unpaired) electrons. The highest BCUT2D eigenvalue weighted by Crippen LogP contribution is 2.07. The van der Waals surface area contributed by atoms with Crippen molar-refractivity contribution < 1.29 is 22.7 Å². The van der Waals surface area contributed by atoms with Gasteiger partial charge in [0.15, 0.2) is 0 Å². The summed E-state index contributed by atoms with van der Waals surface area (Å²) in [5.74, 6) is -1.15. The van der Waals surface area contributed by atoms with Gasteiger partial charge in [-0.2, -0.15) is 0 Å². The monoisotopic (exact) mass is 233 g/mol. The average Bonchev–Trinajstić information content (AvgIpc) is 2.63. The Morgan fingerprint density at radius 2 is 2.20 bits per heavy atom. The maximum absolute atomic E-state index is 11.0. The molecular weight excluding hydrogens is 222 g/mol. The first kappa shape index (κ1) is 11.7. The first-order valence-corrected chi connectivity index (χ1v) is 5.89. The first-order valence-electron chi connectivity index (χ1n) is 4.24. The van der Waals surface area contributed by atoms with E-state index in [4.69, 9.17) is 9.52 Å². The number of carboxylic acids is 1. The minimum Gasteiger partial charge on any atom is -0.475 e. The molecule has 7 heteroatoms. The van der Waals surface area contributed by atoms with Crippen molar-refractivity contribution in [1.29, 1.82) is 0 Å². The lowest BCUT2D eigenvalue weighted by Gasteiger charge is -2.00. The number of hydrogen-bond acceptors (Lipinski definition) is 4. The maximum atomic E-state index is 11.0. The van der Waals surface area contributed by atoms with Crippen LogP contribution in [0, 0.1) is 0 Å². The molecule has 0 aliphatic heterocycles. The van der Waals surface area contributed by atoms with Crippen molar-refractivity contribution in [3.63, 3.8) is 0 Å². The van der Waals surface area contributed by atoms with Crippen LogP contribution in [0.2, 0.25) is 0 Å². The molecule has 15 heavy (non-hydrogen) atoms. The molecule has 84 valence electrons. The van der Waals surface area contributed by atoms with E-state index in [2.05, 4.69) is 4.72 Å². The minimum atomic E-state index is -3.29. The van der Waals surface area contributed by atoms with Crippen molar-refractivity contribution in [2.45, 2.75) is 13.5 Å². The predicted octanol–water partition coefficient (Wildman–Crippen LogP) is 0.417. The van der Waals surface area contributed by atoms with Crippen molar-refractivity contribution in [1.82, 2.24) is 4.72 Å². The van der Waals surface area contributed by atoms with Gasteiger partial charge in [-0.25, -0.2) is 17.9 Å². The van der Waals surface area contributed by atoms with E-state index in [1.807, 2.05) is 0 Å². The number of furan rings is 1.